The molecule has 0 spiro atoms. The summed E-state index contributed by atoms with van der Waals surface area (Å²) in [5, 5.41) is 2.98. The molecule has 0 saturated heterocycles. The summed E-state index contributed by atoms with van der Waals surface area (Å²) in [6.45, 7) is 8.25. The molecule has 1 aliphatic heterocycles. The number of benzene rings is 3. The molecule has 1 heterocycles. The van der Waals surface area contributed by atoms with Gasteiger partial charge in [0.15, 0.2) is 6.10 Å². The van der Waals surface area contributed by atoms with Crippen LogP contribution in [0, 0.1) is 0 Å². The van der Waals surface area contributed by atoms with Gasteiger partial charge >= 0.3 is 0 Å². The first-order chi connectivity index (χ1) is 16.1. The minimum Gasteiger partial charge on any atom is -0.476 e. The van der Waals surface area contributed by atoms with E-state index in [-0.39, 0.29) is 28.8 Å². The second-order valence-corrected chi connectivity index (χ2v) is 11.4. The average molecular weight is 479 g/mol. The molecule has 0 aliphatic carbocycles. The Labute approximate surface area is 201 Å². The van der Waals surface area contributed by atoms with Crippen LogP contribution < -0.4 is 14.4 Å². The number of anilines is 1. The molecular formula is C27H30N2O4S. The van der Waals surface area contributed by atoms with Gasteiger partial charge in [0.1, 0.15) is 5.75 Å². The summed E-state index contributed by atoms with van der Waals surface area (Å²) in [6.07, 6.45) is -0.982. The van der Waals surface area contributed by atoms with E-state index in [2.05, 4.69) is 38.2 Å². The van der Waals surface area contributed by atoms with E-state index >= 15 is 0 Å². The van der Waals surface area contributed by atoms with Gasteiger partial charge in [-0.1, -0.05) is 75.4 Å². The first-order valence-corrected chi connectivity index (χ1v) is 12.8. The number of nitrogens with one attached hydrogen (secondary N) is 1. The van der Waals surface area contributed by atoms with Gasteiger partial charge < -0.3 is 10.1 Å². The SMILES string of the molecule is C[C@@H](NC(=O)[C@H]1CN(S(=O)(=O)c2ccccc2)c2ccccc2O1)c1ccc(C(C)(C)C)cc1. The summed E-state index contributed by atoms with van der Waals surface area (Å²) in [6, 6.07) is 23.0. The van der Waals surface area contributed by atoms with Gasteiger partial charge in [0.25, 0.3) is 15.9 Å². The highest BCUT2D eigenvalue weighted by Gasteiger charge is 2.37. The summed E-state index contributed by atoms with van der Waals surface area (Å²) in [5.74, 6) is -0.00856. The third-order valence-electron chi connectivity index (χ3n) is 5.99. The van der Waals surface area contributed by atoms with Crippen molar-refractivity contribution in [2.24, 2.45) is 0 Å². The maximum Gasteiger partial charge on any atom is 0.264 e. The summed E-state index contributed by atoms with van der Waals surface area (Å²) in [7, 11) is -3.87. The average Bonchev–Trinajstić information content (AvgIpc) is 2.83. The highest BCUT2D eigenvalue weighted by Crippen LogP contribution is 2.37. The van der Waals surface area contributed by atoms with Crippen molar-refractivity contribution in [1.29, 1.82) is 0 Å². The number of carbonyl (C=O) groups excluding carboxylic acids is 1. The van der Waals surface area contributed by atoms with Crippen molar-refractivity contribution in [2.75, 3.05) is 10.8 Å². The fourth-order valence-corrected chi connectivity index (χ4v) is 5.44. The number of para-hydroxylation sites is 2. The summed E-state index contributed by atoms with van der Waals surface area (Å²) >= 11 is 0. The third kappa shape index (κ3) is 4.80. The van der Waals surface area contributed by atoms with Crippen LogP contribution in [-0.2, 0) is 20.2 Å². The van der Waals surface area contributed by atoms with E-state index in [9.17, 15) is 13.2 Å². The van der Waals surface area contributed by atoms with Crippen molar-refractivity contribution in [1.82, 2.24) is 5.32 Å². The van der Waals surface area contributed by atoms with Gasteiger partial charge in [-0.25, -0.2) is 8.42 Å². The van der Waals surface area contributed by atoms with Gasteiger partial charge in [0, 0.05) is 0 Å². The Bertz CT molecular complexity index is 1270. The van der Waals surface area contributed by atoms with E-state index in [0.29, 0.717) is 11.4 Å². The zero-order valence-corrected chi connectivity index (χ0v) is 20.7. The Balaban J connectivity index is 1.56. The topological polar surface area (TPSA) is 75.7 Å². The Kier molecular flexibility index (Phi) is 6.41. The molecule has 0 aromatic heterocycles. The molecular weight excluding hydrogens is 448 g/mol. The number of ether oxygens (including phenoxy) is 1. The molecule has 1 aliphatic rings. The van der Waals surface area contributed by atoms with Crippen LogP contribution in [0.3, 0.4) is 0 Å². The molecule has 4 rings (SSSR count). The molecule has 6 nitrogen and oxygen atoms in total. The van der Waals surface area contributed by atoms with Crippen LogP contribution in [0.4, 0.5) is 5.69 Å². The van der Waals surface area contributed by atoms with Crippen molar-refractivity contribution in [3.05, 3.63) is 90.0 Å². The van der Waals surface area contributed by atoms with Crippen molar-refractivity contribution in [3.63, 3.8) is 0 Å². The molecule has 0 bridgehead atoms. The van der Waals surface area contributed by atoms with Crippen molar-refractivity contribution < 1.29 is 17.9 Å². The maximum atomic E-state index is 13.4. The predicted octanol–water partition coefficient (Wildman–Crippen LogP) is 4.82. The van der Waals surface area contributed by atoms with Gasteiger partial charge in [-0.05, 0) is 47.7 Å². The van der Waals surface area contributed by atoms with Gasteiger partial charge in [-0.15, -0.1) is 0 Å². The van der Waals surface area contributed by atoms with E-state index in [0.717, 1.165) is 5.56 Å². The first kappa shape index (κ1) is 23.8. The standard InChI is InChI=1S/C27H30N2O4S/c1-19(20-14-16-21(17-15-20)27(2,3)4)28-26(30)25-18-29(23-12-8-9-13-24(23)33-25)34(31,32)22-10-6-5-7-11-22/h5-17,19,25H,18H2,1-4H3,(H,28,30)/t19-,25-/m1/s1. The highest BCUT2D eigenvalue weighted by molar-refractivity contribution is 7.92. The number of carbonyl (C=O) groups is 1. The van der Waals surface area contributed by atoms with E-state index in [1.165, 1.54) is 9.87 Å². The summed E-state index contributed by atoms with van der Waals surface area (Å²) in [4.78, 5) is 13.3. The zero-order valence-electron chi connectivity index (χ0n) is 19.9. The third-order valence-corrected chi connectivity index (χ3v) is 7.79. The molecule has 0 unspecified atom stereocenters. The van der Waals surface area contributed by atoms with E-state index in [1.54, 1.807) is 54.6 Å². The lowest BCUT2D eigenvalue weighted by atomic mass is 9.86. The molecule has 2 atom stereocenters. The van der Waals surface area contributed by atoms with Gasteiger partial charge in [0.2, 0.25) is 0 Å². The first-order valence-electron chi connectivity index (χ1n) is 11.3. The van der Waals surface area contributed by atoms with Crippen molar-refractivity contribution in [2.45, 2.75) is 50.2 Å². The second-order valence-electron chi connectivity index (χ2n) is 9.53. The minimum atomic E-state index is -3.87. The molecule has 178 valence electrons. The van der Waals surface area contributed by atoms with E-state index in [4.69, 9.17) is 4.74 Å². The molecule has 3 aromatic rings. The lowest BCUT2D eigenvalue weighted by Gasteiger charge is -2.35. The number of rotatable bonds is 5. The molecule has 0 fully saturated rings. The monoisotopic (exact) mass is 478 g/mol. The Morgan fingerprint density at radius 2 is 1.59 bits per heavy atom. The molecule has 1 amide bonds. The van der Waals surface area contributed by atoms with Gasteiger partial charge in [-0.2, -0.15) is 0 Å². The van der Waals surface area contributed by atoms with Crippen LogP contribution in [0.25, 0.3) is 0 Å². The van der Waals surface area contributed by atoms with Crippen molar-refractivity contribution >= 4 is 21.6 Å². The molecule has 1 N–H and O–H groups in total. The normalized spacial score (nSPS) is 16.8. The number of amides is 1. The number of nitrogens with zero attached hydrogens (tertiary/aromatic N) is 1. The van der Waals surface area contributed by atoms with Gasteiger partial charge in [-0.3, -0.25) is 9.10 Å². The molecule has 7 heteroatoms. The molecule has 0 radical (unpaired) electrons. The minimum absolute atomic E-state index is 0.0437. The number of hydrogen-bond acceptors (Lipinski definition) is 4. The summed E-state index contributed by atoms with van der Waals surface area (Å²) in [5.41, 5.74) is 2.64. The lowest BCUT2D eigenvalue weighted by Crippen LogP contribution is -2.51. The van der Waals surface area contributed by atoms with Crippen LogP contribution >= 0.6 is 0 Å². The smallest absolute Gasteiger partial charge is 0.264 e. The quantitative estimate of drug-likeness (QED) is 0.571. The predicted molar refractivity (Wildman–Crippen MR) is 134 cm³/mol. The summed E-state index contributed by atoms with van der Waals surface area (Å²) < 4.78 is 34.0. The number of hydrogen-bond donors (Lipinski definition) is 1. The maximum absolute atomic E-state index is 13.4. The molecule has 0 saturated carbocycles. The number of sulfonamides is 1. The van der Waals surface area contributed by atoms with Gasteiger partial charge in [0.05, 0.1) is 23.2 Å². The van der Waals surface area contributed by atoms with E-state index in [1.807, 2.05) is 19.1 Å². The zero-order chi connectivity index (χ0) is 24.5. The van der Waals surface area contributed by atoms with E-state index < -0.39 is 16.1 Å². The molecule has 3 aromatic carbocycles. The largest absolute Gasteiger partial charge is 0.476 e. The van der Waals surface area contributed by atoms with Crippen LogP contribution in [0.2, 0.25) is 0 Å². The second kappa shape index (κ2) is 9.14. The van der Waals surface area contributed by atoms with Crippen molar-refractivity contribution in [3.8, 4) is 5.75 Å². The Morgan fingerprint density at radius 3 is 2.24 bits per heavy atom. The van der Waals surface area contributed by atoms with Crippen LogP contribution in [0.1, 0.15) is 44.9 Å². The van der Waals surface area contributed by atoms with Crippen LogP contribution in [0.5, 0.6) is 5.75 Å². The Hall–Kier alpha value is -3.32. The van der Waals surface area contributed by atoms with Crippen LogP contribution in [-0.4, -0.2) is 27.0 Å². The Morgan fingerprint density at radius 1 is 0.971 bits per heavy atom. The fraction of sp³-hybridized carbons (Fsp3) is 0.296. The lowest BCUT2D eigenvalue weighted by molar-refractivity contribution is -0.128. The van der Waals surface area contributed by atoms with Crippen LogP contribution in [0.15, 0.2) is 83.8 Å². The highest BCUT2D eigenvalue weighted by atomic mass is 32.2. The molecule has 34 heavy (non-hydrogen) atoms. The number of fused-ring (bicyclic) bond motifs is 1. The fourth-order valence-electron chi connectivity index (χ4n) is 3.95.